The third-order valence-corrected chi connectivity index (χ3v) is 5.81. The van der Waals surface area contributed by atoms with Gasteiger partial charge in [-0.3, -0.25) is 4.79 Å². The van der Waals surface area contributed by atoms with Gasteiger partial charge in [0.05, 0.1) is 6.33 Å². The van der Waals surface area contributed by atoms with Crippen molar-refractivity contribution in [3.05, 3.63) is 12.7 Å². The zero-order chi connectivity index (χ0) is 18.3. The number of aromatic nitrogens is 4. The Morgan fingerprint density at radius 2 is 1.85 bits per heavy atom. The summed E-state index contributed by atoms with van der Waals surface area (Å²) in [5, 5.41) is 3.16. The van der Waals surface area contributed by atoms with Crippen LogP contribution in [-0.4, -0.2) is 44.6 Å². The molecule has 0 spiro atoms. The van der Waals surface area contributed by atoms with Crippen LogP contribution in [0.2, 0.25) is 0 Å². The molecule has 140 valence electrons. The highest BCUT2D eigenvalue weighted by Crippen LogP contribution is 2.37. The molecule has 0 aromatic carbocycles. The SMILES string of the molecule is CC(C)C(C)NC(=O)C1CCN(c2ncnc3c2ncn3C2CC2)CC1. The van der Waals surface area contributed by atoms with Gasteiger partial charge in [0.2, 0.25) is 5.91 Å². The molecule has 1 atom stereocenters. The van der Waals surface area contributed by atoms with Crippen molar-refractivity contribution < 1.29 is 4.79 Å². The van der Waals surface area contributed by atoms with E-state index in [1.807, 2.05) is 6.33 Å². The fourth-order valence-corrected chi connectivity index (χ4v) is 3.55. The van der Waals surface area contributed by atoms with Gasteiger partial charge in [-0.1, -0.05) is 13.8 Å². The van der Waals surface area contributed by atoms with Crippen LogP contribution >= 0.6 is 0 Å². The number of nitrogens with one attached hydrogen (secondary N) is 1. The zero-order valence-corrected chi connectivity index (χ0v) is 15.9. The fourth-order valence-electron chi connectivity index (χ4n) is 3.55. The Balaban J connectivity index is 1.44. The molecule has 2 fully saturated rings. The molecule has 7 heteroatoms. The molecule has 0 radical (unpaired) electrons. The minimum absolute atomic E-state index is 0.0915. The number of anilines is 1. The number of imidazole rings is 1. The van der Waals surface area contributed by atoms with E-state index >= 15 is 0 Å². The quantitative estimate of drug-likeness (QED) is 0.891. The highest BCUT2D eigenvalue weighted by Gasteiger charge is 2.30. The average Bonchev–Trinajstić information content (AvgIpc) is 3.40. The Morgan fingerprint density at radius 1 is 1.12 bits per heavy atom. The van der Waals surface area contributed by atoms with E-state index in [0.717, 1.165) is 42.9 Å². The first-order valence-electron chi connectivity index (χ1n) is 9.77. The molecule has 1 amide bonds. The standard InChI is InChI=1S/C19H28N6O/c1-12(2)13(3)23-19(26)14-6-8-24(9-7-14)17-16-18(21-10-20-17)25(11-22-16)15-4-5-15/h10-15H,4-9H2,1-3H3,(H,23,26). The van der Waals surface area contributed by atoms with Crippen LogP contribution in [0.15, 0.2) is 12.7 Å². The van der Waals surface area contributed by atoms with Crippen LogP contribution in [0.1, 0.15) is 52.5 Å². The molecule has 1 saturated heterocycles. The first-order chi connectivity index (χ1) is 12.5. The molecule has 1 aliphatic carbocycles. The molecule has 1 saturated carbocycles. The van der Waals surface area contributed by atoms with E-state index in [9.17, 15) is 4.79 Å². The van der Waals surface area contributed by atoms with Crippen molar-refractivity contribution in [1.82, 2.24) is 24.8 Å². The van der Waals surface area contributed by atoms with Crippen molar-refractivity contribution >= 4 is 22.9 Å². The minimum atomic E-state index is 0.0915. The first-order valence-corrected chi connectivity index (χ1v) is 9.77. The average molecular weight is 356 g/mol. The summed E-state index contributed by atoms with van der Waals surface area (Å²) in [6, 6.07) is 0.772. The lowest BCUT2D eigenvalue weighted by molar-refractivity contribution is -0.126. The summed E-state index contributed by atoms with van der Waals surface area (Å²) in [6.45, 7) is 8.00. The van der Waals surface area contributed by atoms with Crippen molar-refractivity contribution in [1.29, 1.82) is 0 Å². The van der Waals surface area contributed by atoms with Crippen LogP contribution in [0.25, 0.3) is 11.2 Å². The van der Waals surface area contributed by atoms with E-state index < -0.39 is 0 Å². The predicted octanol–water partition coefficient (Wildman–Crippen LogP) is 2.54. The molecule has 2 aromatic heterocycles. The van der Waals surface area contributed by atoms with Gasteiger partial charge in [0.1, 0.15) is 6.33 Å². The molecule has 1 unspecified atom stereocenters. The second-order valence-corrected chi connectivity index (χ2v) is 8.06. The Morgan fingerprint density at radius 3 is 2.50 bits per heavy atom. The number of piperidine rings is 1. The van der Waals surface area contributed by atoms with Crippen molar-refractivity contribution in [3.8, 4) is 0 Å². The van der Waals surface area contributed by atoms with Gasteiger partial charge in [-0.05, 0) is 38.5 Å². The van der Waals surface area contributed by atoms with Crippen LogP contribution in [0.4, 0.5) is 5.82 Å². The third kappa shape index (κ3) is 3.27. The maximum absolute atomic E-state index is 12.5. The van der Waals surface area contributed by atoms with E-state index in [2.05, 4.69) is 50.5 Å². The van der Waals surface area contributed by atoms with E-state index in [4.69, 9.17) is 0 Å². The van der Waals surface area contributed by atoms with E-state index in [0.29, 0.717) is 12.0 Å². The number of carbonyl (C=O) groups is 1. The summed E-state index contributed by atoms with van der Waals surface area (Å²) in [4.78, 5) is 28.3. The molecular formula is C19H28N6O. The maximum Gasteiger partial charge on any atom is 0.223 e. The lowest BCUT2D eigenvalue weighted by atomic mass is 9.95. The lowest BCUT2D eigenvalue weighted by Crippen LogP contribution is -2.44. The zero-order valence-electron chi connectivity index (χ0n) is 15.9. The van der Waals surface area contributed by atoms with Crippen LogP contribution in [0, 0.1) is 11.8 Å². The molecule has 1 N–H and O–H groups in total. The fraction of sp³-hybridized carbons (Fsp3) is 0.684. The van der Waals surface area contributed by atoms with E-state index in [1.54, 1.807) is 6.33 Å². The van der Waals surface area contributed by atoms with Crippen LogP contribution in [0.3, 0.4) is 0 Å². The summed E-state index contributed by atoms with van der Waals surface area (Å²) >= 11 is 0. The van der Waals surface area contributed by atoms with E-state index in [-0.39, 0.29) is 17.9 Å². The summed E-state index contributed by atoms with van der Waals surface area (Å²) in [6.07, 6.45) is 7.66. The van der Waals surface area contributed by atoms with Gasteiger partial charge in [-0.2, -0.15) is 0 Å². The van der Waals surface area contributed by atoms with Crippen LogP contribution in [-0.2, 0) is 4.79 Å². The van der Waals surface area contributed by atoms with Gasteiger partial charge >= 0.3 is 0 Å². The molecule has 4 rings (SSSR count). The molecule has 3 heterocycles. The normalized spacial score (nSPS) is 19.9. The molecule has 2 aliphatic rings. The van der Waals surface area contributed by atoms with Gasteiger partial charge in [-0.15, -0.1) is 0 Å². The number of rotatable bonds is 5. The molecule has 26 heavy (non-hydrogen) atoms. The van der Waals surface area contributed by atoms with Gasteiger partial charge in [0.15, 0.2) is 17.0 Å². The number of hydrogen-bond acceptors (Lipinski definition) is 5. The highest BCUT2D eigenvalue weighted by atomic mass is 16.1. The Kier molecular flexibility index (Phi) is 4.54. The van der Waals surface area contributed by atoms with E-state index in [1.165, 1.54) is 12.8 Å². The Labute approximate surface area is 154 Å². The molecule has 2 aromatic rings. The lowest BCUT2D eigenvalue weighted by Gasteiger charge is -2.33. The Hall–Kier alpha value is -2.18. The van der Waals surface area contributed by atoms with Gasteiger partial charge < -0.3 is 14.8 Å². The minimum Gasteiger partial charge on any atom is -0.355 e. The second kappa shape index (κ2) is 6.85. The second-order valence-electron chi connectivity index (χ2n) is 8.06. The number of fused-ring (bicyclic) bond motifs is 1. The summed E-state index contributed by atoms with van der Waals surface area (Å²) < 4.78 is 2.17. The topological polar surface area (TPSA) is 75.9 Å². The number of amides is 1. The third-order valence-electron chi connectivity index (χ3n) is 5.81. The summed E-state index contributed by atoms with van der Waals surface area (Å²) in [5.41, 5.74) is 1.82. The van der Waals surface area contributed by atoms with Crippen molar-refractivity contribution in [2.45, 2.75) is 58.5 Å². The van der Waals surface area contributed by atoms with Crippen molar-refractivity contribution in [3.63, 3.8) is 0 Å². The predicted molar refractivity (Wildman–Crippen MR) is 101 cm³/mol. The highest BCUT2D eigenvalue weighted by molar-refractivity contribution is 5.84. The number of hydrogen-bond donors (Lipinski definition) is 1. The molecule has 0 bridgehead atoms. The summed E-state index contributed by atoms with van der Waals surface area (Å²) in [7, 11) is 0. The van der Waals surface area contributed by atoms with Gasteiger partial charge in [-0.25, -0.2) is 15.0 Å². The van der Waals surface area contributed by atoms with Crippen molar-refractivity contribution in [2.24, 2.45) is 11.8 Å². The Bertz CT molecular complexity index is 788. The van der Waals surface area contributed by atoms with Crippen LogP contribution < -0.4 is 10.2 Å². The first kappa shape index (κ1) is 17.2. The largest absolute Gasteiger partial charge is 0.355 e. The number of nitrogens with zero attached hydrogens (tertiary/aromatic N) is 5. The smallest absolute Gasteiger partial charge is 0.223 e. The summed E-state index contributed by atoms with van der Waals surface area (Å²) in [5.74, 6) is 1.64. The van der Waals surface area contributed by atoms with Gasteiger partial charge in [0.25, 0.3) is 0 Å². The maximum atomic E-state index is 12.5. The molecule has 7 nitrogen and oxygen atoms in total. The molecule has 1 aliphatic heterocycles. The number of carbonyl (C=O) groups excluding carboxylic acids is 1. The monoisotopic (exact) mass is 356 g/mol. The van der Waals surface area contributed by atoms with Crippen LogP contribution in [0.5, 0.6) is 0 Å². The van der Waals surface area contributed by atoms with Gasteiger partial charge in [0, 0.05) is 31.1 Å². The molecular weight excluding hydrogens is 328 g/mol. The van der Waals surface area contributed by atoms with Crippen molar-refractivity contribution in [2.75, 3.05) is 18.0 Å².